The van der Waals surface area contributed by atoms with Crippen molar-refractivity contribution in [3.05, 3.63) is 24.3 Å². The molecule has 0 saturated carbocycles. The minimum atomic E-state index is -1.20. The molecule has 8 heteroatoms. The van der Waals surface area contributed by atoms with Gasteiger partial charge in [0.25, 0.3) is 0 Å². The second kappa shape index (κ2) is 10.1. The maximum Gasteiger partial charge on any atom is 0.314 e. The van der Waals surface area contributed by atoms with Gasteiger partial charge in [-0.15, -0.1) is 0 Å². The van der Waals surface area contributed by atoms with E-state index in [2.05, 4.69) is 0 Å². The van der Waals surface area contributed by atoms with Crippen LogP contribution in [0.1, 0.15) is 46.0 Å². The third-order valence-corrected chi connectivity index (χ3v) is 5.65. The minimum Gasteiger partial charge on any atom is -0.481 e. The fraction of sp³-hybridized carbons (Fsp3) is 0.600. The number of hydrogen-bond donors (Lipinski definition) is 4. The minimum absolute atomic E-state index is 0.201. The zero-order valence-corrected chi connectivity index (χ0v) is 16.1. The lowest BCUT2D eigenvalue weighted by Gasteiger charge is -2.33. The van der Waals surface area contributed by atoms with E-state index in [0.717, 1.165) is 6.42 Å². The van der Waals surface area contributed by atoms with E-state index in [0.29, 0.717) is 25.7 Å². The summed E-state index contributed by atoms with van der Waals surface area (Å²) in [5.74, 6) is -6.36. The molecule has 0 fully saturated rings. The van der Waals surface area contributed by atoms with E-state index in [-0.39, 0.29) is 5.92 Å². The number of hydrogen-bond acceptors (Lipinski definition) is 4. The van der Waals surface area contributed by atoms with Crippen molar-refractivity contribution in [3.8, 4) is 0 Å². The Kier molecular flexibility index (Phi) is 8.40. The van der Waals surface area contributed by atoms with Gasteiger partial charge in [-0.25, -0.2) is 0 Å². The van der Waals surface area contributed by atoms with E-state index in [1.807, 2.05) is 13.0 Å². The normalized spacial score (nSPS) is 31.4. The maximum absolute atomic E-state index is 11.1. The SMILES string of the molecule is CCC1(C(=O)O)C=CCCC1C(=O)O.CCC1C=CC(C(=O)O)C(C(=O)O)C1. The van der Waals surface area contributed by atoms with Crippen LogP contribution in [0.15, 0.2) is 24.3 Å². The van der Waals surface area contributed by atoms with Gasteiger partial charge in [0, 0.05) is 0 Å². The summed E-state index contributed by atoms with van der Waals surface area (Å²) >= 11 is 0. The number of carboxylic acids is 4. The molecule has 0 saturated heterocycles. The molecule has 5 atom stereocenters. The number of aliphatic carboxylic acids is 4. The largest absolute Gasteiger partial charge is 0.481 e. The highest BCUT2D eigenvalue weighted by Crippen LogP contribution is 2.40. The van der Waals surface area contributed by atoms with E-state index in [1.165, 1.54) is 12.2 Å². The second-order valence-corrected chi connectivity index (χ2v) is 7.17. The first-order chi connectivity index (χ1) is 13.1. The van der Waals surface area contributed by atoms with Gasteiger partial charge in [-0.05, 0) is 38.0 Å². The quantitative estimate of drug-likeness (QED) is 0.501. The molecule has 8 nitrogen and oxygen atoms in total. The molecule has 2 aliphatic rings. The van der Waals surface area contributed by atoms with Gasteiger partial charge in [0.05, 0.1) is 23.2 Å². The molecule has 5 unspecified atom stereocenters. The van der Waals surface area contributed by atoms with E-state index in [1.54, 1.807) is 13.0 Å². The number of rotatable bonds is 6. The molecular formula is C20H28O8. The Balaban J connectivity index is 0.000000280. The van der Waals surface area contributed by atoms with Crippen LogP contribution in [0.25, 0.3) is 0 Å². The Morgan fingerprint density at radius 3 is 2.00 bits per heavy atom. The number of allylic oxidation sites excluding steroid dienone is 2. The van der Waals surface area contributed by atoms with E-state index < -0.39 is 47.0 Å². The van der Waals surface area contributed by atoms with Gasteiger partial charge in [0.2, 0.25) is 0 Å². The van der Waals surface area contributed by atoms with Crippen molar-refractivity contribution in [1.29, 1.82) is 0 Å². The average molecular weight is 396 g/mol. The molecular weight excluding hydrogens is 368 g/mol. The fourth-order valence-corrected chi connectivity index (χ4v) is 3.78. The highest BCUT2D eigenvalue weighted by atomic mass is 16.4. The lowest BCUT2D eigenvalue weighted by molar-refractivity contribution is -0.160. The van der Waals surface area contributed by atoms with Crippen LogP contribution >= 0.6 is 0 Å². The third-order valence-electron chi connectivity index (χ3n) is 5.65. The van der Waals surface area contributed by atoms with Crippen LogP contribution in [-0.4, -0.2) is 44.3 Å². The van der Waals surface area contributed by atoms with Crippen LogP contribution in [0.4, 0.5) is 0 Å². The summed E-state index contributed by atoms with van der Waals surface area (Å²) in [6.07, 6.45) is 9.28. The average Bonchev–Trinajstić information content (AvgIpc) is 2.67. The Morgan fingerprint density at radius 2 is 1.61 bits per heavy atom. The van der Waals surface area contributed by atoms with E-state index in [4.69, 9.17) is 20.4 Å². The van der Waals surface area contributed by atoms with Gasteiger partial charge in [0.15, 0.2) is 0 Å². The van der Waals surface area contributed by atoms with Crippen LogP contribution in [0.3, 0.4) is 0 Å². The summed E-state index contributed by atoms with van der Waals surface area (Å²) in [5.41, 5.74) is -1.20. The monoisotopic (exact) mass is 396 g/mol. The van der Waals surface area contributed by atoms with Crippen molar-refractivity contribution in [2.24, 2.45) is 29.1 Å². The van der Waals surface area contributed by atoms with Crippen LogP contribution < -0.4 is 0 Å². The van der Waals surface area contributed by atoms with Crippen molar-refractivity contribution in [3.63, 3.8) is 0 Å². The highest BCUT2D eigenvalue weighted by molar-refractivity contribution is 5.85. The van der Waals surface area contributed by atoms with Crippen LogP contribution in [0, 0.1) is 29.1 Å². The smallest absolute Gasteiger partial charge is 0.314 e. The Morgan fingerprint density at radius 1 is 0.964 bits per heavy atom. The van der Waals surface area contributed by atoms with Gasteiger partial charge < -0.3 is 20.4 Å². The van der Waals surface area contributed by atoms with Crippen molar-refractivity contribution in [2.75, 3.05) is 0 Å². The zero-order chi connectivity index (χ0) is 21.5. The van der Waals surface area contributed by atoms with Crippen molar-refractivity contribution in [2.45, 2.75) is 46.0 Å². The summed E-state index contributed by atoms with van der Waals surface area (Å²) in [6.45, 7) is 3.68. The van der Waals surface area contributed by atoms with Crippen LogP contribution in [0.5, 0.6) is 0 Å². The Labute approximate surface area is 163 Å². The highest BCUT2D eigenvalue weighted by Gasteiger charge is 2.47. The first-order valence-corrected chi connectivity index (χ1v) is 9.38. The molecule has 0 spiro atoms. The first kappa shape index (κ1) is 23.4. The predicted octanol–water partition coefficient (Wildman–Crippen LogP) is 2.89. The van der Waals surface area contributed by atoms with Gasteiger partial charge in [-0.1, -0.05) is 38.2 Å². The van der Waals surface area contributed by atoms with Gasteiger partial charge in [-0.2, -0.15) is 0 Å². The molecule has 0 amide bonds. The molecule has 2 rings (SSSR count). The van der Waals surface area contributed by atoms with Crippen molar-refractivity contribution in [1.82, 2.24) is 0 Å². The summed E-state index contributed by atoms with van der Waals surface area (Å²) in [6, 6.07) is 0. The molecule has 0 aromatic carbocycles. The summed E-state index contributed by atoms with van der Waals surface area (Å²) < 4.78 is 0. The van der Waals surface area contributed by atoms with E-state index >= 15 is 0 Å². The topological polar surface area (TPSA) is 149 Å². The molecule has 4 N–H and O–H groups in total. The maximum atomic E-state index is 11.1. The van der Waals surface area contributed by atoms with Crippen LogP contribution in [-0.2, 0) is 19.2 Å². The molecule has 0 aromatic rings. The van der Waals surface area contributed by atoms with Gasteiger partial charge in [0.1, 0.15) is 0 Å². The molecule has 0 aromatic heterocycles. The first-order valence-electron chi connectivity index (χ1n) is 9.38. The summed E-state index contributed by atoms with van der Waals surface area (Å²) in [7, 11) is 0. The lowest BCUT2D eigenvalue weighted by atomic mass is 9.68. The van der Waals surface area contributed by atoms with Gasteiger partial charge >= 0.3 is 23.9 Å². The van der Waals surface area contributed by atoms with Gasteiger partial charge in [-0.3, -0.25) is 19.2 Å². The third kappa shape index (κ3) is 5.21. The van der Waals surface area contributed by atoms with Crippen molar-refractivity contribution < 1.29 is 39.6 Å². The molecule has 0 heterocycles. The molecule has 156 valence electrons. The van der Waals surface area contributed by atoms with Crippen LogP contribution in [0.2, 0.25) is 0 Å². The number of carboxylic acid groups (broad SMARTS) is 4. The number of carbonyl (C=O) groups is 4. The summed E-state index contributed by atoms with van der Waals surface area (Å²) in [4.78, 5) is 43.6. The Bertz CT molecular complexity index is 665. The molecule has 0 radical (unpaired) electrons. The molecule has 2 aliphatic carbocycles. The standard InChI is InChI=1S/2C10H14O4/c1-2-6-3-4-7(9(11)12)8(5-6)10(13)14;1-2-10(9(13)14)6-4-3-5-7(10)8(11)12/h3-4,6-8H,2,5H2,1H3,(H,11,12)(H,13,14);4,6-7H,2-3,5H2,1H3,(H,11,12)(H,13,14). The van der Waals surface area contributed by atoms with Crippen molar-refractivity contribution >= 4 is 23.9 Å². The molecule has 28 heavy (non-hydrogen) atoms. The fourth-order valence-electron chi connectivity index (χ4n) is 3.78. The second-order valence-electron chi connectivity index (χ2n) is 7.17. The molecule has 0 bridgehead atoms. The predicted molar refractivity (Wildman–Crippen MR) is 99.6 cm³/mol. The Hall–Kier alpha value is -2.64. The zero-order valence-electron chi connectivity index (χ0n) is 16.1. The molecule has 0 aliphatic heterocycles. The van der Waals surface area contributed by atoms with E-state index in [9.17, 15) is 19.2 Å². The summed E-state index contributed by atoms with van der Waals surface area (Å²) in [5, 5.41) is 35.7. The lowest BCUT2D eigenvalue weighted by Crippen LogP contribution is -2.42.